The average molecular weight is 345 g/mol. The summed E-state index contributed by atoms with van der Waals surface area (Å²) < 4.78 is 10.4. The van der Waals surface area contributed by atoms with Crippen molar-refractivity contribution >= 4 is 6.03 Å². The largest absolute Gasteiger partial charge is 0.472 e. The third-order valence-corrected chi connectivity index (χ3v) is 5.07. The van der Waals surface area contributed by atoms with Gasteiger partial charge in [0.05, 0.1) is 30.8 Å². The Morgan fingerprint density at radius 2 is 2.12 bits per heavy atom. The van der Waals surface area contributed by atoms with Crippen LogP contribution in [0.2, 0.25) is 0 Å². The highest BCUT2D eigenvalue weighted by molar-refractivity contribution is 5.75. The van der Waals surface area contributed by atoms with Crippen LogP contribution in [0, 0.1) is 13.8 Å². The number of nitrogens with one attached hydrogen (secondary N) is 1. The molecule has 0 bridgehead atoms. The van der Waals surface area contributed by atoms with Gasteiger partial charge in [-0.05, 0) is 39.7 Å². The normalized spacial score (nSPS) is 16.6. The van der Waals surface area contributed by atoms with Crippen molar-refractivity contribution in [1.82, 2.24) is 15.4 Å². The Kier molecular flexibility index (Phi) is 5.46. The second-order valence-electron chi connectivity index (χ2n) is 6.96. The maximum atomic E-state index is 13.0. The molecule has 1 aliphatic rings. The minimum absolute atomic E-state index is 0.0411. The Labute approximate surface area is 148 Å². The molecule has 25 heavy (non-hydrogen) atoms. The van der Waals surface area contributed by atoms with Crippen LogP contribution >= 0.6 is 0 Å². The first-order valence-electron chi connectivity index (χ1n) is 9.07. The van der Waals surface area contributed by atoms with Crippen LogP contribution in [-0.4, -0.2) is 22.1 Å². The van der Waals surface area contributed by atoms with Crippen molar-refractivity contribution in [2.24, 2.45) is 0 Å². The zero-order valence-electron chi connectivity index (χ0n) is 15.2. The van der Waals surface area contributed by atoms with Crippen LogP contribution in [0.3, 0.4) is 0 Å². The van der Waals surface area contributed by atoms with Crippen molar-refractivity contribution < 1.29 is 13.7 Å². The number of aromatic nitrogens is 1. The summed E-state index contributed by atoms with van der Waals surface area (Å²) in [6.45, 7) is 6.32. The Bertz CT molecular complexity index is 667. The van der Waals surface area contributed by atoms with E-state index in [2.05, 4.69) is 10.5 Å². The minimum Gasteiger partial charge on any atom is -0.472 e. The van der Waals surface area contributed by atoms with Crippen molar-refractivity contribution in [3.05, 3.63) is 41.2 Å². The third-order valence-electron chi connectivity index (χ3n) is 5.07. The number of carbonyl (C=O) groups excluding carboxylic acids is 1. The lowest BCUT2D eigenvalue weighted by atomic mass is 9.94. The lowest BCUT2D eigenvalue weighted by molar-refractivity contribution is 0.148. The fraction of sp³-hybridized carbons (Fsp3) is 0.579. The number of rotatable bonds is 5. The molecule has 2 aromatic heterocycles. The topological polar surface area (TPSA) is 71.5 Å². The van der Waals surface area contributed by atoms with E-state index in [4.69, 9.17) is 8.94 Å². The summed E-state index contributed by atoms with van der Waals surface area (Å²) in [5, 5.41) is 7.12. The quantitative estimate of drug-likeness (QED) is 0.866. The molecule has 1 aliphatic carbocycles. The van der Waals surface area contributed by atoms with E-state index in [1.54, 1.807) is 12.5 Å². The molecular formula is C19H27N3O3. The molecule has 0 spiro atoms. The lowest BCUT2D eigenvalue weighted by Crippen LogP contribution is -2.47. The average Bonchev–Trinajstić information content (AvgIpc) is 3.23. The first-order valence-corrected chi connectivity index (χ1v) is 9.07. The van der Waals surface area contributed by atoms with E-state index in [1.807, 2.05) is 31.7 Å². The molecule has 1 atom stereocenters. The standard InChI is InChI=1S/C19H27N3O3/c1-13(18-14(2)21-25-15(18)3)20-19(23)22(11-16-9-10-24-12-16)17-7-5-4-6-8-17/h9-10,12-13,17H,4-8,11H2,1-3H3,(H,20,23)/t13-/m0/s1. The summed E-state index contributed by atoms with van der Waals surface area (Å²) in [5.74, 6) is 0.754. The number of carbonyl (C=O) groups is 1. The van der Waals surface area contributed by atoms with Crippen LogP contribution in [0.5, 0.6) is 0 Å². The van der Waals surface area contributed by atoms with Crippen molar-refractivity contribution in [2.45, 2.75) is 71.5 Å². The molecule has 6 heteroatoms. The van der Waals surface area contributed by atoms with Gasteiger partial charge in [-0.2, -0.15) is 0 Å². The zero-order valence-corrected chi connectivity index (χ0v) is 15.2. The zero-order chi connectivity index (χ0) is 17.8. The highest BCUT2D eigenvalue weighted by atomic mass is 16.5. The van der Waals surface area contributed by atoms with Crippen molar-refractivity contribution in [2.75, 3.05) is 0 Å². The number of urea groups is 1. The van der Waals surface area contributed by atoms with Gasteiger partial charge in [-0.1, -0.05) is 24.4 Å². The third kappa shape index (κ3) is 4.06. The maximum Gasteiger partial charge on any atom is 0.318 e. The number of aryl methyl sites for hydroxylation is 2. The van der Waals surface area contributed by atoms with Crippen LogP contribution in [0.15, 0.2) is 27.5 Å². The molecule has 2 amide bonds. The fourth-order valence-electron chi connectivity index (χ4n) is 3.79. The Morgan fingerprint density at radius 3 is 2.72 bits per heavy atom. The minimum atomic E-state index is -0.144. The van der Waals surface area contributed by atoms with Gasteiger partial charge in [-0.15, -0.1) is 0 Å². The maximum absolute atomic E-state index is 13.0. The molecule has 2 aromatic rings. The SMILES string of the molecule is Cc1noc(C)c1[C@H](C)NC(=O)N(Cc1ccoc1)C1CCCCC1. The summed E-state index contributed by atoms with van der Waals surface area (Å²) in [5.41, 5.74) is 2.80. The Balaban J connectivity index is 1.73. The van der Waals surface area contributed by atoms with Gasteiger partial charge in [0.1, 0.15) is 5.76 Å². The predicted octanol–water partition coefficient (Wildman–Crippen LogP) is 4.49. The number of amides is 2. The molecule has 1 N–H and O–H groups in total. The van der Waals surface area contributed by atoms with Gasteiger partial charge in [0.2, 0.25) is 0 Å². The molecule has 0 unspecified atom stereocenters. The highest BCUT2D eigenvalue weighted by Gasteiger charge is 2.28. The smallest absolute Gasteiger partial charge is 0.318 e. The van der Waals surface area contributed by atoms with Crippen molar-refractivity contribution in [3.8, 4) is 0 Å². The summed E-state index contributed by atoms with van der Waals surface area (Å²) in [7, 11) is 0. The Morgan fingerprint density at radius 1 is 1.36 bits per heavy atom. The van der Waals surface area contributed by atoms with Gasteiger partial charge >= 0.3 is 6.03 Å². The van der Waals surface area contributed by atoms with E-state index in [0.29, 0.717) is 6.54 Å². The second kappa shape index (κ2) is 7.76. The predicted molar refractivity (Wildman–Crippen MR) is 94.0 cm³/mol. The van der Waals surface area contributed by atoms with Crippen LogP contribution in [0.25, 0.3) is 0 Å². The molecule has 0 aromatic carbocycles. The van der Waals surface area contributed by atoms with E-state index in [0.717, 1.165) is 35.4 Å². The molecule has 136 valence electrons. The second-order valence-corrected chi connectivity index (χ2v) is 6.96. The lowest BCUT2D eigenvalue weighted by Gasteiger charge is -2.35. The van der Waals surface area contributed by atoms with E-state index < -0.39 is 0 Å². The summed E-state index contributed by atoms with van der Waals surface area (Å²) in [6.07, 6.45) is 9.10. The van der Waals surface area contributed by atoms with Gasteiger partial charge in [0, 0.05) is 17.2 Å². The molecule has 0 radical (unpaired) electrons. The van der Waals surface area contributed by atoms with E-state index in [9.17, 15) is 4.79 Å². The number of hydrogen-bond acceptors (Lipinski definition) is 4. The summed E-state index contributed by atoms with van der Waals surface area (Å²) >= 11 is 0. The van der Waals surface area contributed by atoms with Crippen LogP contribution in [0.1, 0.15) is 67.7 Å². The van der Waals surface area contributed by atoms with Crippen molar-refractivity contribution in [3.63, 3.8) is 0 Å². The van der Waals surface area contributed by atoms with E-state index in [-0.39, 0.29) is 18.1 Å². The van der Waals surface area contributed by atoms with Gasteiger partial charge in [-0.25, -0.2) is 4.79 Å². The number of hydrogen-bond donors (Lipinski definition) is 1. The van der Waals surface area contributed by atoms with E-state index >= 15 is 0 Å². The number of nitrogens with zero attached hydrogens (tertiary/aromatic N) is 2. The number of furan rings is 1. The molecule has 0 aliphatic heterocycles. The molecule has 6 nitrogen and oxygen atoms in total. The van der Waals surface area contributed by atoms with Crippen LogP contribution < -0.4 is 5.32 Å². The summed E-state index contributed by atoms with van der Waals surface area (Å²) in [6, 6.07) is 2.01. The Hall–Kier alpha value is -2.24. The molecule has 0 saturated heterocycles. The van der Waals surface area contributed by atoms with Crippen LogP contribution in [0.4, 0.5) is 4.79 Å². The fourth-order valence-corrected chi connectivity index (χ4v) is 3.79. The molecule has 1 saturated carbocycles. The van der Waals surface area contributed by atoms with Gasteiger partial charge in [0.25, 0.3) is 0 Å². The van der Waals surface area contributed by atoms with Crippen molar-refractivity contribution in [1.29, 1.82) is 0 Å². The van der Waals surface area contributed by atoms with Gasteiger partial charge in [0.15, 0.2) is 0 Å². The first kappa shape index (κ1) is 17.6. The van der Waals surface area contributed by atoms with Gasteiger partial charge in [-0.3, -0.25) is 0 Å². The summed E-state index contributed by atoms with van der Waals surface area (Å²) in [4.78, 5) is 15.0. The monoisotopic (exact) mass is 345 g/mol. The molecular weight excluding hydrogens is 318 g/mol. The molecule has 1 fully saturated rings. The van der Waals surface area contributed by atoms with Crippen LogP contribution in [-0.2, 0) is 6.54 Å². The molecule has 3 rings (SSSR count). The van der Waals surface area contributed by atoms with E-state index in [1.165, 1.54) is 19.3 Å². The molecule has 2 heterocycles. The highest BCUT2D eigenvalue weighted by Crippen LogP contribution is 2.26. The van der Waals surface area contributed by atoms with Gasteiger partial charge < -0.3 is 19.2 Å². The first-order chi connectivity index (χ1) is 12.1.